The first-order chi connectivity index (χ1) is 14.3. The standard InChI is InChI=1S/C22H21ClN4O3/c1-14-3-6-17(7-4-14)24-22(30)19-9-10-21(29)27(26-19)12-11-20(28)25-18-8-5-16(23)13-15(18)2/h3-10,13H,11-12H2,1-2H3,(H,24,30)(H,25,28). The Kier molecular flexibility index (Phi) is 6.64. The summed E-state index contributed by atoms with van der Waals surface area (Å²) in [6, 6.07) is 15.1. The molecule has 0 radical (unpaired) electrons. The Hall–Kier alpha value is -3.45. The molecule has 0 spiro atoms. The summed E-state index contributed by atoms with van der Waals surface area (Å²) >= 11 is 5.92. The molecule has 0 atom stereocenters. The van der Waals surface area contributed by atoms with Crippen molar-refractivity contribution in [3.63, 3.8) is 0 Å². The first-order valence-electron chi connectivity index (χ1n) is 9.34. The minimum absolute atomic E-state index is 0.0258. The third kappa shape index (κ3) is 5.55. The van der Waals surface area contributed by atoms with Gasteiger partial charge in [0, 0.05) is 28.9 Å². The molecule has 0 aliphatic heterocycles. The van der Waals surface area contributed by atoms with Gasteiger partial charge in [-0.25, -0.2) is 4.68 Å². The van der Waals surface area contributed by atoms with Crippen LogP contribution in [0.3, 0.4) is 0 Å². The lowest BCUT2D eigenvalue weighted by Gasteiger charge is -2.10. The third-order valence-electron chi connectivity index (χ3n) is 4.42. The highest BCUT2D eigenvalue weighted by Gasteiger charge is 2.12. The average Bonchev–Trinajstić information content (AvgIpc) is 2.71. The molecule has 8 heteroatoms. The van der Waals surface area contributed by atoms with Gasteiger partial charge in [-0.2, -0.15) is 5.10 Å². The number of nitrogens with one attached hydrogen (secondary N) is 2. The molecule has 0 unspecified atom stereocenters. The molecule has 3 rings (SSSR count). The summed E-state index contributed by atoms with van der Waals surface area (Å²) in [5, 5.41) is 10.2. The average molecular weight is 425 g/mol. The largest absolute Gasteiger partial charge is 0.326 e. The lowest BCUT2D eigenvalue weighted by molar-refractivity contribution is -0.116. The molecule has 0 aliphatic carbocycles. The smallest absolute Gasteiger partial charge is 0.276 e. The fourth-order valence-corrected chi connectivity index (χ4v) is 2.98. The first-order valence-corrected chi connectivity index (χ1v) is 9.72. The van der Waals surface area contributed by atoms with Crippen LogP contribution in [0.2, 0.25) is 5.02 Å². The highest BCUT2D eigenvalue weighted by molar-refractivity contribution is 6.30. The number of hydrogen-bond acceptors (Lipinski definition) is 4. The van der Waals surface area contributed by atoms with E-state index in [1.807, 2.05) is 26.0 Å². The van der Waals surface area contributed by atoms with E-state index in [2.05, 4.69) is 15.7 Å². The predicted molar refractivity (Wildman–Crippen MR) is 117 cm³/mol. The number of halogens is 1. The second-order valence-corrected chi connectivity index (χ2v) is 7.29. The number of amides is 2. The van der Waals surface area contributed by atoms with Gasteiger partial charge in [-0.05, 0) is 55.8 Å². The number of rotatable bonds is 6. The molecule has 0 saturated heterocycles. The molecule has 2 amide bonds. The van der Waals surface area contributed by atoms with Crippen LogP contribution in [0.1, 0.15) is 28.0 Å². The van der Waals surface area contributed by atoms with E-state index < -0.39 is 11.5 Å². The Balaban J connectivity index is 1.64. The van der Waals surface area contributed by atoms with Crippen molar-refractivity contribution in [1.29, 1.82) is 0 Å². The maximum atomic E-state index is 12.4. The van der Waals surface area contributed by atoms with Gasteiger partial charge in [0.1, 0.15) is 5.69 Å². The quantitative estimate of drug-likeness (QED) is 0.629. The minimum Gasteiger partial charge on any atom is -0.326 e. The van der Waals surface area contributed by atoms with E-state index in [1.165, 1.54) is 12.1 Å². The molecule has 2 N–H and O–H groups in total. The Morgan fingerprint density at radius 2 is 1.73 bits per heavy atom. The van der Waals surface area contributed by atoms with Crippen LogP contribution < -0.4 is 16.2 Å². The van der Waals surface area contributed by atoms with E-state index in [1.54, 1.807) is 30.3 Å². The monoisotopic (exact) mass is 424 g/mol. The summed E-state index contributed by atoms with van der Waals surface area (Å²) in [4.78, 5) is 36.8. The Morgan fingerprint density at radius 1 is 1.00 bits per heavy atom. The summed E-state index contributed by atoms with van der Waals surface area (Å²) in [5.74, 6) is -0.711. The third-order valence-corrected chi connectivity index (χ3v) is 4.66. The van der Waals surface area contributed by atoms with E-state index in [0.29, 0.717) is 16.4 Å². The van der Waals surface area contributed by atoms with Gasteiger partial charge in [0.2, 0.25) is 5.91 Å². The lowest BCUT2D eigenvalue weighted by Crippen LogP contribution is -2.28. The predicted octanol–water partition coefficient (Wildman–Crippen LogP) is 3.79. The van der Waals surface area contributed by atoms with Crippen LogP contribution in [0.25, 0.3) is 0 Å². The molecule has 3 aromatic rings. The number of aryl methyl sites for hydroxylation is 3. The highest BCUT2D eigenvalue weighted by Crippen LogP contribution is 2.19. The zero-order chi connectivity index (χ0) is 21.7. The van der Waals surface area contributed by atoms with Gasteiger partial charge in [-0.3, -0.25) is 14.4 Å². The van der Waals surface area contributed by atoms with Crippen molar-refractivity contribution < 1.29 is 9.59 Å². The zero-order valence-electron chi connectivity index (χ0n) is 16.6. The number of benzene rings is 2. The Bertz CT molecular complexity index is 1140. The number of carbonyl (C=O) groups is 2. The summed E-state index contributed by atoms with van der Waals surface area (Å²) in [7, 11) is 0. The normalized spacial score (nSPS) is 10.5. The van der Waals surface area contributed by atoms with Crippen LogP contribution >= 0.6 is 11.6 Å². The molecular weight excluding hydrogens is 404 g/mol. The van der Waals surface area contributed by atoms with Crippen molar-refractivity contribution in [2.24, 2.45) is 0 Å². The molecule has 0 fully saturated rings. The fraction of sp³-hybridized carbons (Fsp3) is 0.182. The van der Waals surface area contributed by atoms with Gasteiger partial charge in [0.15, 0.2) is 0 Å². The van der Waals surface area contributed by atoms with Crippen molar-refractivity contribution in [3.8, 4) is 0 Å². The van der Waals surface area contributed by atoms with Crippen molar-refractivity contribution in [2.75, 3.05) is 10.6 Å². The van der Waals surface area contributed by atoms with Crippen LogP contribution in [0.4, 0.5) is 11.4 Å². The van der Waals surface area contributed by atoms with Crippen molar-refractivity contribution in [2.45, 2.75) is 26.8 Å². The topological polar surface area (TPSA) is 93.1 Å². The molecule has 0 aliphatic rings. The van der Waals surface area contributed by atoms with E-state index in [0.717, 1.165) is 15.8 Å². The molecule has 0 saturated carbocycles. The number of aromatic nitrogens is 2. The summed E-state index contributed by atoms with van der Waals surface area (Å²) < 4.78 is 1.11. The number of carbonyl (C=O) groups excluding carboxylic acids is 2. The van der Waals surface area contributed by atoms with Crippen molar-refractivity contribution in [1.82, 2.24) is 9.78 Å². The summed E-state index contributed by atoms with van der Waals surface area (Å²) in [6.07, 6.45) is 0.0258. The molecule has 1 heterocycles. The maximum Gasteiger partial charge on any atom is 0.276 e. The SMILES string of the molecule is Cc1ccc(NC(=O)c2ccc(=O)n(CCC(=O)Nc3ccc(Cl)cc3C)n2)cc1. The maximum absolute atomic E-state index is 12.4. The molecule has 154 valence electrons. The van der Waals surface area contributed by atoms with Gasteiger partial charge >= 0.3 is 0 Å². The van der Waals surface area contributed by atoms with E-state index in [-0.39, 0.29) is 24.6 Å². The van der Waals surface area contributed by atoms with Gasteiger partial charge in [0.05, 0.1) is 6.54 Å². The Morgan fingerprint density at radius 3 is 2.43 bits per heavy atom. The summed E-state index contributed by atoms with van der Waals surface area (Å²) in [6.45, 7) is 3.83. The van der Waals surface area contributed by atoms with E-state index >= 15 is 0 Å². The second kappa shape index (κ2) is 9.37. The number of hydrogen-bond donors (Lipinski definition) is 2. The van der Waals surface area contributed by atoms with Crippen LogP contribution in [-0.2, 0) is 11.3 Å². The molecule has 1 aromatic heterocycles. The second-order valence-electron chi connectivity index (χ2n) is 6.86. The zero-order valence-corrected chi connectivity index (χ0v) is 17.4. The number of anilines is 2. The molecule has 0 bridgehead atoms. The van der Waals surface area contributed by atoms with Crippen molar-refractivity contribution in [3.05, 3.63) is 86.8 Å². The van der Waals surface area contributed by atoms with Crippen LogP contribution in [0, 0.1) is 13.8 Å². The molecule has 30 heavy (non-hydrogen) atoms. The van der Waals surface area contributed by atoms with Gasteiger partial charge in [-0.15, -0.1) is 0 Å². The van der Waals surface area contributed by atoms with Crippen molar-refractivity contribution >= 4 is 34.8 Å². The summed E-state index contributed by atoms with van der Waals surface area (Å²) in [5.41, 5.74) is 2.88. The van der Waals surface area contributed by atoms with Gasteiger partial charge in [0.25, 0.3) is 11.5 Å². The van der Waals surface area contributed by atoms with E-state index in [9.17, 15) is 14.4 Å². The molecular formula is C22H21ClN4O3. The highest BCUT2D eigenvalue weighted by atomic mass is 35.5. The van der Waals surface area contributed by atoms with Crippen LogP contribution in [-0.4, -0.2) is 21.6 Å². The van der Waals surface area contributed by atoms with Crippen LogP contribution in [0.15, 0.2) is 59.4 Å². The lowest BCUT2D eigenvalue weighted by atomic mass is 10.2. The van der Waals surface area contributed by atoms with E-state index in [4.69, 9.17) is 11.6 Å². The van der Waals surface area contributed by atoms with Crippen LogP contribution in [0.5, 0.6) is 0 Å². The fourth-order valence-electron chi connectivity index (χ4n) is 2.75. The molecule has 2 aromatic carbocycles. The Labute approximate surface area is 178 Å². The van der Waals surface area contributed by atoms with Gasteiger partial charge in [-0.1, -0.05) is 29.3 Å². The minimum atomic E-state index is -0.436. The molecule has 7 nitrogen and oxygen atoms in total. The first kappa shape index (κ1) is 21.3. The van der Waals surface area contributed by atoms with Gasteiger partial charge < -0.3 is 10.6 Å². The number of nitrogens with zero attached hydrogens (tertiary/aromatic N) is 2.